The Morgan fingerprint density at radius 3 is 2.46 bits per heavy atom. The summed E-state index contributed by atoms with van der Waals surface area (Å²) in [4.78, 5) is 26.0. The van der Waals surface area contributed by atoms with E-state index >= 15 is 0 Å². The molecule has 2 saturated heterocycles. The van der Waals surface area contributed by atoms with Crippen LogP contribution >= 0.6 is 11.8 Å². The Balaban J connectivity index is 1.91. The molecule has 3 amide bonds. The van der Waals surface area contributed by atoms with Crippen LogP contribution in [0.2, 0.25) is 0 Å². The molecule has 1 aromatic rings. The maximum Gasteiger partial charge on any atom is 0.329 e. The summed E-state index contributed by atoms with van der Waals surface area (Å²) in [6.07, 6.45) is -4.10. The molecule has 6 atom stereocenters. The Kier molecular flexibility index (Phi) is 4.79. The topological polar surface area (TPSA) is 130 Å². The molecular formula is C15H18N2O6S. The van der Waals surface area contributed by atoms with E-state index in [1.807, 2.05) is 0 Å². The molecule has 24 heavy (non-hydrogen) atoms. The third-order valence-electron chi connectivity index (χ3n) is 4.22. The van der Waals surface area contributed by atoms with Gasteiger partial charge in [0.05, 0.1) is 35.8 Å². The summed E-state index contributed by atoms with van der Waals surface area (Å²) in [6.45, 7) is -0.609. The zero-order chi connectivity index (χ0) is 17.4. The number of rotatable bonds is 3. The first kappa shape index (κ1) is 17.2. The third kappa shape index (κ3) is 2.78. The van der Waals surface area contributed by atoms with Crippen LogP contribution in [0.3, 0.4) is 0 Å². The predicted octanol–water partition coefficient (Wildman–Crippen LogP) is -1.33. The van der Waals surface area contributed by atoms with E-state index in [-0.39, 0.29) is 0 Å². The Morgan fingerprint density at radius 1 is 1.17 bits per heavy atom. The monoisotopic (exact) mass is 354 g/mol. The molecule has 130 valence electrons. The standard InChI is InChI=1S/C15H18N2O6S/c18-6-8(19)12-11(21)10(20)9-13(24-12)14(22)17(15(23)16-9)7-4-2-1-3-5-7/h1-5,8-13,18-21H,6H2,(H,16,23)/t8-,9-,10-,11+,12-,13+/m1/s1. The zero-order valence-corrected chi connectivity index (χ0v) is 13.3. The van der Waals surface area contributed by atoms with Gasteiger partial charge in [0.2, 0.25) is 0 Å². The summed E-state index contributed by atoms with van der Waals surface area (Å²) in [5.74, 6) is -0.541. The van der Waals surface area contributed by atoms with Crippen LogP contribution in [0.4, 0.5) is 10.5 Å². The van der Waals surface area contributed by atoms with E-state index in [1.54, 1.807) is 30.3 Å². The first-order valence-corrected chi connectivity index (χ1v) is 8.40. The number of thioether (sulfide) groups is 1. The lowest BCUT2D eigenvalue weighted by Gasteiger charge is -2.47. The van der Waals surface area contributed by atoms with Crippen LogP contribution in [-0.4, -0.2) is 73.8 Å². The summed E-state index contributed by atoms with van der Waals surface area (Å²) in [5.41, 5.74) is 0.388. The Labute approximate surface area is 142 Å². The van der Waals surface area contributed by atoms with Crippen molar-refractivity contribution in [2.45, 2.75) is 34.9 Å². The summed E-state index contributed by atoms with van der Waals surface area (Å²) >= 11 is 0.943. The molecule has 2 aliphatic heterocycles. The third-order valence-corrected chi connectivity index (χ3v) is 5.92. The SMILES string of the molecule is O=C1N[C@@H]2[C@@H](O)[C@H](O)[C@@H]([C@H](O)CO)S[C@@H]2C(=O)N1c1ccccc1. The van der Waals surface area contributed by atoms with Crippen LogP contribution < -0.4 is 10.2 Å². The lowest BCUT2D eigenvalue weighted by molar-refractivity contribution is -0.120. The molecule has 0 aliphatic carbocycles. The first-order valence-electron chi connectivity index (χ1n) is 7.45. The van der Waals surface area contributed by atoms with Crippen LogP contribution in [0, 0.1) is 0 Å². The number of urea groups is 1. The van der Waals surface area contributed by atoms with E-state index in [1.165, 1.54) is 0 Å². The fraction of sp³-hybridized carbons (Fsp3) is 0.467. The molecule has 3 rings (SSSR count). The molecule has 0 spiro atoms. The highest BCUT2D eigenvalue weighted by Gasteiger charge is 2.54. The molecule has 5 N–H and O–H groups in total. The number of carbonyl (C=O) groups is 2. The second-order valence-corrected chi connectivity index (χ2v) is 7.06. The molecule has 2 fully saturated rings. The number of nitrogens with zero attached hydrogens (tertiary/aromatic N) is 1. The Bertz CT molecular complexity index is 630. The van der Waals surface area contributed by atoms with E-state index in [4.69, 9.17) is 5.11 Å². The molecule has 0 saturated carbocycles. The molecule has 0 unspecified atom stereocenters. The number of para-hydroxylation sites is 1. The normalized spacial score (nSPS) is 34.5. The summed E-state index contributed by atoms with van der Waals surface area (Å²) in [7, 11) is 0. The molecule has 8 nitrogen and oxygen atoms in total. The van der Waals surface area contributed by atoms with Crippen LogP contribution in [0.15, 0.2) is 30.3 Å². The number of aliphatic hydroxyl groups is 4. The van der Waals surface area contributed by atoms with Gasteiger partial charge in [-0.1, -0.05) is 18.2 Å². The van der Waals surface area contributed by atoms with Gasteiger partial charge in [-0.25, -0.2) is 9.69 Å². The number of amides is 3. The van der Waals surface area contributed by atoms with E-state index in [9.17, 15) is 24.9 Å². The largest absolute Gasteiger partial charge is 0.394 e. The fourth-order valence-electron chi connectivity index (χ4n) is 2.97. The summed E-state index contributed by atoms with van der Waals surface area (Å²) in [5, 5.41) is 40.0. The molecule has 0 bridgehead atoms. The van der Waals surface area contributed by atoms with Crippen molar-refractivity contribution in [3.05, 3.63) is 30.3 Å². The van der Waals surface area contributed by atoms with Crippen molar-refractivity contribution >= 4 is 29.4 Å². The number of aliphatic hydroxyl groups excluding tert-OH is 4. The van der Waals surface area contributed by atoms with Crippen LogP contribution in [-0.2, 0) is 4.79 Å². The Hall–Kier alpha value is -1.65. The van der Waals surface area contributed by atoms with Crippen molar-refractivity contribution < 1.29 is 30.0 Å². The van der Waals surface area contributed by atoms with Gasteiger partial charge in [-0.3, -0.25) is 4.79 Å². The number of benzene rings is 1. The minimum absolute atomic E-state index is 0.388. The van der Waals surface area contributed by atoms with Gasteiger partial charge in [0, 0.05) is 0 Å². The predicted molar refractivity (Wildman–Crippen MR) is 86.5 cm³/mol. The molecule has 2 aliphatic rings. The lowest BCUT2D eigenvalue weighted by atomic mass is 9.94. The molecular weight excluding hydrogens is 336 g/mol. The van der Waals surface area contributed by atoms with Gasteiger partial charge in [-0.2, -0.15) is 0 Å². The van der Waals surface area contributed by atoms with E-state index in [0.29, 0.717) is 5.69 Å². The number of hydrogen-bond donors (Lipinski definition) is 5. The lowest BCUT2D eigenvalue weighted by Crippen LogP contribution is -2.71. The zero-order valence-electron chi connectivity index (χ0n) is 12.5. The van der Waals surface area contributed by atoms with Gasteiger partial charge in [0.1, 0.15) is 11.4 Å². The fourth-order valence-corrected chi connectivity index (χ4v) is 4.52. The van der Waals surface area contributed by atoms with Gasteiger partial charge in [0.25, 0.3) is 5.91 Å². The summed E-state index contributed by atoms with van der Waals surface area (Å²) in [6, 6.07) is 6.70. The highest BCUT2D eigenvalue weighted by Crippen LogP contribution is 2.38. The van der Waals surface area contributed by atoms with Crippen molar-refractivity contribution in [1.82, 2.24) is 5.32 Å². The average molecular weight is 354 g/mol. The molecule has 9 heteroatoms. The average Bonchev–Trinajstić information content (AvgIpc) is 2.59. The highest BCUT2D eigenvalue weighted by molar-refractivity contribution is 8.01. The molecule has 0 aromatic heterocycles. The van der Waals surface area contributed by atoms with Gasteiger partial charge in [-0.15, -0.1) is 11.8 Å². The van der Waals surface area contributed by atoms with Crippen LogP contribution in [0.5, 0.6) is 0 Å². The highest BCUT2D eigenvalue weighted by atomic mass is 32.2. The maximum absolute atomic E-state index is 12.8. The number of imide groups is 1. The maximum atomic E-state index is 12.8. The second kappa shape index (κ2) is 6.69. The van der Waals surface area contributed by atoms with Crippen molar-refractivity contribution in [2.75, 3.05) is 11.5 Å². The summed E-state index contributed by atoms with van der Waals surface area (Å²) < 4.78 is 0. The van der Waals surface area contributed by atoms with Gasteiger partial charge < -0.3 is 25.7 Å². The number of carbonyl (C=O) groups excluding carboxylic acids is 2. The minimum Gasteiger partial charge on any atom is -0.394 e. The van der Waals surface area contributed by atoms with Crippen molar-refractivity contribution in [1.29, 1.82) is 0 Å². The molecule has 0 radical (unpaired) electrons. The van der Waals surface area contributed by atoms with Crippen molar-refractivity contribution in [2.24, 2.45) is 0 Å². The quantitative estimate of drug-likeness (QED) is 0.455. The first-order chi connectivity index (χ1) is 11.5. The number of fused-ring (bicyclic) bond motifs is 1. The molecule has 2 heterocycles. The van der Waals surface area contributed by atoms with E-state index in [0.717, 1.165) is 16.7 Å². The van der Waals surface area contributed by atoms with Crippen LogP contribution in [0.1, 0.15) is 0 Å². The van der Waals surface area contributed by atoms with Gasteiger partial charge >= 0.3 is 6.03 Å². The smallest absolute Gasteiger partial charge is 0.329 e. The second-order valence-electron chi connectivity index (χ2n) is 5.74. The van der Waals surface area contributed by atoms with Crippen molar-refractivity contribution in [3.8, 4) is 0 Å². The Morgan fingerprint density at radius 2 is 1.83 bits per heavy atom. The van der Waals surface area contributed by atoms with E-state index in [2.05, 4.69) is 5.32 Å². The number of nitrogens with one attached hydrogen (secondary N) is 1. The van der Waals surface area contributed by atoms with Crippen LogP contribution in [0.25, 0.3) is 0 Å². The molecule has 1 aromatic carbocycles. The van der Waals surface area contributed by atoms with E-state index < -0.39 is 53.4 Å². The minimum atomic E-state index is -1.42. The van der Waals surface area contributed by atoms with Crippen molar-refractivity contribution in [3.63, 3.8) is 0 Å². The number of hydrogen-bond acceptors (Lipinski definition) is 7. The van der Waals surface area contributed by atoms with Gasteiger partial charge in [-0.05, 0) is 12.1 Å². The number of anilines is 1. The van der Waals surface area contributed by atoms with Gasteiger partial charge in [0.15, 0.2) is 0 Å².